The minimum Gasteiger partial charge on any atom is -0.343 e. The highest BCUT2D eigenvalue weighted by atomic mass is 16.2. The summed E-state index contributed by atoms with van der Waals surface area (Å²) in [6.07, 6.45) is 10.1. The van der Waals surface area contributed by atoms with Crippen molar-refractivity contribution in [2.75, 3.05) is 26.2 Å². The van der Waals surface area contributed by atoms with E-state index in [1.54, 1.807) is 6.20 Å². The molecule has 0 bridgehead atoms. The predicted octanol–water partition coefficient (Wildman–Crippen LogP) is 2.25. The van der Waals surface area contributed by atoms with E-state index in [0.29, 0.717) is 12.3 Å². The summed E-state index contributed by atoms with van der Waals surface area (Å²) in [6.45, 7) is 4.27. The van der Waals surface area contributed by atoms with Crippen LogP contribution in [-0.2, 0) is 11.2 Å². The number of rotatable bonds is 4. The van der Waals surface area contributed by atoms with E-state index in [1.807, 2.05) is 18.3 Å². The number of pyridine rings is 1. The van der Waals surface area contributed by atoms with Crippen LogP contribution in [0.25, 0.3) is 0 Å². The van der Waals surface area contributed by atoms with Gasteiger partial charge in [0.25, 0.3) is 0 Å². The van der Waals surface area contributed by atoms with Crippen LogP contribution >= 0.6 is 0 Å². The number of hydrogen-bond donors (Lipinski definition) is 1. The maximum absolute atomic E-state index is 12.3. The number of piperidine rings is 2. The number of amides is 1. The fourth-order valence-corrected chi connectivity index (χ4v) is 3.86. The first kappa shape index (κ1) is 15.5. The van der Waals surface area contributed by atoms with Gasteiger partial charge in [-0.2, -0.15) is 0 Å². The number of carbonyl (C=O) groups is 1. The van der Waals surface area contributed by atoms with Gasteiger partial charge in [0.15, 0.2) is 0 Å². The van der Waals surface area contributed by atoms with Crippen molar-refractivity contribution in [2.45, 2.75) is 38.5 Å². The van der Waals surface area contributed by atoms with Gasteiger partial charge in [0, 0.05) is 31.9 Å². The van der Waals surface area contributed by atoms with Crippen molar-refractivity contribution in [1.82, 2.24) is 15.2 Å². The Bertz CT molecular complexity index is 462. The van der Waals surface area contributed by atoms with Crippen molar-refractivity contribution in [1.29, 1.82) is 0 Å². The third-order valence-electron chi connectivity index (χ3n) is 5.24. The largest absolute Gasteiger partial charge is 0.343 e. The lowest BCUT2D eigenvalue weighted by molar-refractivity contribution is -0.132. The van der Waals surface area contributed by atoms with Crippen LogP contribution in [0.1, 0.15) is 37.7 Å². The molecule has 4 heteroatoms. The van der Waals surface area contributed by atoms with E-state index in [0.717, 1.165) is 36.9 Å². The van der Waals surface area contributed by atoms with Crippen LogP contribution in [0.4, 0.5) is 0 Å². The van der Waals surface area contributed by atoms with Crippen molar-refractivity contribution in [2.24, 2.45) is 11.8 Å². The Morgan fingerprint density at radius 3 is 2.82 bits per heavy atom. The van der Waals surface area contributed by atoms with Crippen LogP contribution in [0.5, 0.6) is 0 Å². The average Bonchev–Trinajstić information content (AvgIpc) is 2.61. The smallest absolute Gasteiger partial charge is 0.222 e. The van der Waals surface area contributed by atoms with E-state index >= 15 is 0 Å². The van der Waals surface area contributed by atoms with Crippen molar-refractivity contribution in [3.05, 3.63) is 30.1 Å². The first-order valence-electron chi connectivity index (χ1n) is 8.70. The third-order valence-corrected chi connectivity index (χ3v) is 5.24. The molecule has 1 unspecified atom stereocenters. The van der Waals surface area contributed by atoms with E-state index in [1.165, 1.54) is 38.8 Å². The molecule has 1 atom stereocenters. The normalized spacial score (nSPS) is 23.5. The maximum Gasteiger partial charge on any atom is 0.222 e. The molecule has 1 N–H and O–H groups in total. The van der Waals surface area contributed by atoms with Gasteiger partial charge in [-0.05, 0) is 68.7 Å². The van der Waals surface area contributed by atoms with Gasteiger partial charge < -0.3 is 10.2 Å². The van der Waals surface area contributed by atoms with E-state index in [-0.39, 0.29) is 0 Å². The van der Waals surface area contributed by atoms with E-state index in [4.69, 9.17) is 0 Å². The lowest BCUT2D eigenvalue weighted by Gasteiger charge is -2.37. The number of nitrogens with one attached hydrogen (secondary N) is 1. The number of hydrogen-bond acceptors (Lipinski definition) is 3. The highest BCUT2D eigenvalue weighted by molar-refractivity contribution is 5.76. The standard InChI is InChI=1S/C18H27N3O/c22-18(6-5-15-3-1-9-19-13-15)21-11-7-16(8-12-21)17-4-2-10-20-14-17/h1,3,9,13,16-17,20H,2,4-8,10-12,14H2. The van der Waals surface area contributed by atoms with Crippen LogP contribution in [0.15, 0.2) is 24.5 Å². The van der Waals surface area contributed by atoms with Gasteiger partial charge >= 0.3 is 0 Å². The van der Waals surface area contributed by atoms with Crippen molar-refractivity contribution in [3.8, 4) is 0 Å². The molecular formula is C18H27N3O. The molecule has 0 aliphatic carbocycles. The van der Waals surface area contributed by atoms with Crippen LogP contribution in [-0.4, -0.2) is 42.0 Å². The fraction of sp³-hybridized carbons (Fsp3) is 0.667. The van der Waals surface area contributed by atoms with Gasteiger partial charge in [0.2, 0.25) is 5.91 Å². The molecule has 0 spiro atoms. The number of carbonyl (C=O) groups excluding carboxylic acids is 1. The molecule has 2 aliphatic heterocycles. The molecule has 1 amide bonds. The van der Waals surface area contributed by atoms with Gasteiger partial charge in [-0.3, -0.25) is 9.78 Å². The van der Waals surface area contributed by atoms with Crippen LogP contribution in [0, 0.1) is 11.8 Å². The third kappa shape index (κ3) is 4.07. The average molecular weight is 301 g/mol. The Morgan fingerprint density at radius 2 is 2.14 bits per heavy atom. The lowest BCUT2D eigenvalue weighted by atomic mass is 9.80. The monoisotopic (exact) mass is 301 g/mol. The molecule has 2 saturated heterocycles. The predicted molar refractivity (Wildman–Crippen MR) is 87.5 cm³/mol. The Kier molecular flexibility index (Phi) is 5.43. The first-order valence-corrected chi connectivity index (χ1v) is 8.70. The Morgan fingerprint density at radius 1 is 1.27 bits per heavy atom. The van der Waals surface area contributed by atoms with Gasteiger partial charge in [-0.15, -0.1) is 0 Å². The fourth-order valence-electron chi connectivity index (χ4n) is 3.86. The van der Waals surface area contributed by atoms with Crippen LogP contribution in [0.3, 0.4) is 0 Å². The van der Waals surface area contributed by atoms with E-state index in [9.17, 15) is 4.79 Å². The zero-order chi connectivity index (χ0) is 15.2. The number of likely N-dealkylation sites (tertiary alicyclic amines) is 1. The minimum atomic E-state index is 0.309. The molecule has 3 rings (SSSR count). The molecule has 0 saturated carbocycles. The second kappa shape index (κ2) is 7.73. The van der Waals surface area contributed by atoms with Crippen molar-refractivity contribution < 1.29 is 4.79 Å². The lowest BCUT2D eigenvalue weighted by Crippen LogP contribution is -2.43. The molecule has 0 aromatic carbocycles. The molecule has 3 heterocycles. The second-order valence-corrected chi connectivity index (χ2v) is 6.69. The van der Waals surface area contributed by atoms with Gasteiger partial charge in [0.1, 0.15) is 0 Å². The van der Waals surface area contributed by atoms with E-state index < -0.39 is 0 Å². The number of aromatic nitrogens is 1. The SMILES string of the molecule is O=C(CCc1cccnc1)N1CCC(C2CCCNC2)CC1. The van der Waals surface area contributed by atoms with Gasteiger partial charge in [-0.25, -0.2) is 0 Å². The molecule has 1 aromatic heterocycles. The molecule has 1 aromatic rings. The molecule has 2 aliphatic rings. The quantitative estimate of drug-likeness (QED) is 0.928. The molecular weight excluding hydrogens is 274 g/mol. The van der Waals surface area contributed by atoms with Gasteiger partial charge in [0.05, 0.1) is 0 Å². The summed E-state index contributed by atoms with van der Waals surface area (Å²) in [5, 5.41) is 3.52. The Labute approximate surface area is 133 Å². The van der Waals surface area contributed by atoms with Gasteiger partial charge in [-0.1, -0.05) is 6.07 Å². The summed E-state index contributed by atoms with van der Waals surface area (Å²) in [7, 11) is 0. The minimum absolute atomic E-state index is 0.309. The zero-order valence-corrected chi connectivity index (χ0v) is 13.3. The number of aryl methyl sites for hydroxylation is 1. The summed E-state index contributed by atoms with van der Waals surface area (Å²) in [6, 6.07) is 3.98. The highest BCUT2D eigenvalue weighted by Crippen LogP contribution is 2.29. The second-order valence-electron chi connectivity index (χ2n) is 6.69. The van der Waals surface area contributed by atoms with Crippen LogP contribution < -0.4 is 5.32 Å². The molecule has 2 fully saturated rings. The number of nitrogens with zero attached hydrogens (tertiary/aromatic N) is 2. The van der Waals surface area contributed by atoms with Crippen molar-refractivity contribution in [3.63, 3.8) is 0 Å². The molecule has 4 nitrogen and oxygen atoms in total. The highest BCUT2D eigenvalue weighted by Gasteiger charge is 2.28. The van der Waals surface area contributed by atoms with Crippen LogP contribution in [0.2, 0.25) is 0 Å². The molecule has 22 heavy (non-hydrogen) atoms. The summed E-state index contributed by atoms with van der Waals surface area (Å²) in [5.41, 5.74) is 1.15. The zero-order valence-electron chi connectivity index (χ0n) is 13.3. The Balaban J connectivity index is 1.41. The summed E-state index contributed by atoms with van der Waals surface area (Å²) < 4.78 is 0. The van der Waals surface area contributed by atoms with E-state index in [2.05, 4.69) is 15.2 Å². The maximum atomic E-state index is 12.3. The summed E-state index contributed by atoms with van der Waals surface area (Å²) in [4.78, 5) is 18.5. The summed E-state index contributed by atoms with van der Waals surface area (Å²) >= 11 is 0. The summed E-state index contributed by atoms with van der Waals surface area (Å²) in [5.74, 6) is 1.96. The first-order chi connectivity index (χ1) is 10.8. The topological polar surface area (TPSA) is 45.2 Å². The van der Waals surface area contributed by atoms with Crippen molar-refractivity contribution >= 4 is 5.91 Å². The molecule has 120 valence electrons. The Hall–Kier alpha value is -1.42. The molecule has 0 radical (unpaired) electrons.